The van der Waals surface area contributed by atoms with Crippen LogP contribution in [0.1, 0.15) is 5.56 Å². The van der Waals surface area contributed by atoms with Gasteiger partial charge in [-0.1, -0.05) is 30.3 Å². The number of hydrogen-bond acceptors (Lipinski definition) is 3. The lowest BCUT2D eigenvalue weighted by atomic mass is 10.1. The van der Waals surface area contributed by atoms with E-state index in [4.69, 9.17) is 4.74 Å². The van der Waals surface area contributed by atoms with Crippen LogP contribution < -0.4 is 16.0 Å². The number of methoxy groups -OCH3 is 1. The van der Waals surface area contributed by atoms with Crippen molar-refractivity contribution in [2.24, 2.45) is 4.99 Å². The number of halogens is 1. The SMILES string of the molecule is CN=C(NCCc1ccccc1)NCC(=O)NCCOC.I. The maximum atomic E-state index is 11.5. The summed E-state index contributed by atoms with van der Waals surface area (Å²) >= 11 is 0. The molecule has 0 aliphatic heterocycles. The van der Waals surface area contributed by atoms with Gasteiger partial charge in [0, 0.05) is 27.2 Å². The highest BCUT2D eigenvalue weighted by atomic mass is 127. The number of aliphatic imine (C=N–C) groups is 1. The number of carbonyl (C=O) groups excluding carboxylic acids is 1. The quantitative estimate of drug-likeness (QED) is 0.252. The summed E-state index contributed by atoms with van der Waals surface area (Å²) in [5, 5.41) is 8.88. The van der Waals surface area contributed by atoms with Gasteiger partial charge < -0.3 is 20.7 Å². The van der Waals surface area contributed by atoms with Gasteiger partial charge in [-0.25, -0.2) is 0 Å². The minimum atomic E-state index is -0.0851. The van der Waals surface area contributed by atoms with Crippen LogP contribution in [0, 0.1) is 0 Å². The molecule has 0 spiro atoms. The molecule has 0 atom stereocenters. The van der Waals surface area contributed by atoms with E-state index in [1.807, 2.05) is 18.2 Å². The maximum absolute atomic E-state index is 11.5. The number of guanidine groups is 1. The summed E-state index contributed by atoms with van der Waals surface area (Å²) in [6.07, 6.45) is 0.904. The smallest absolute Gasteiger partial charge is 0.239 e. The molecule has 0 aliphatic rings. The molecule has 22 heavy (non-hydrogen) atoms. The van der Waals surface area contributed by atoms with Gasteiger partial charge >= 0.3 is 0 Å². The first-order valence-corrected chi connectivity index (χ1v) is 7.00. The number of hydrogen-bond donors (Lipinski definition) is 3. The van der Waals surface area contributed by atoms with Crippen molar-refractivity contribution in [1.82, 2.24) is 16.0 Å². The van der Waals surface area contributed by atoms with Crippen LogP contribution in [-0.2, 0) is 16.0 Å². The van der Waals surface area contributed by atoms with E-state index >= 15 is 0 Å². The van der Waals surface area contributed by atoms with Crippen molar-refractivity contribution >= 4 is 35.8 Å². The summed E-state index contributed by atoms with van der Waals surface area (Å²) in [7, 11) is 3.28. The second kappa shape index (κ2) is 13.3. The minimum absolute atomic E-state index is 0. The topological polar surface area (TPSA) is 74.8 Å². The number of ether oxygens (including phenoxy) is 1. The molecule has 0 heterocycles. The van der Waals surface area contributed by atoms with Crippen LogP contribution >= 0.6 is 24.0 Å². The van der Waals surface area contributed by atoms with Crippen molar-refractivity contribution in [3.63, 3.8) is 0 Å². The van der Waals surface area contributed by atoms with E-state index in [2.05, 4.69) is 33.1 Å². The standard InChI is InChI=1S/C15H24N4O2.HI/c1-16-15(19-12-14(20)17-10-11-21-2)18-9-8-13-6-4-3-5-7-13;/h3-7H,8-12H2,1-2H3,(H,17,20)(H2,16,18,19);1H. The van der Waals surface area contributed by atoms with E-state index in [1.54, 1.807) is 14.2 Å². The maximum Gasteiger partial charge on any atom is 0.239 e. The first-order chi connectivity index (χ1) is 10.3. The van der Waals surface area contributed by atoms with Crippen LogP contribution in [0.15, 0.2) is 35.3 Å². The third-order valence-electron chi connectivity index (χ3n) is 2.82. The van der Waals surface area contributed by atoms with Crippen molar-refractivity contribution in [3.05, 3.63) is 35.9 Å². The van der Waals surface area contributed by atoms with Crippen LogP contribution in [0.25, 0.3) is 0 Å². The van der Waals surface area contributed by atoms with E-state index in [-0.39, 0.29) is 36.4 Å². The zero-order valence-corrected chi connectivity index (χ0v) is 15.4. The van der Waals surface area contributed by atoms with Gasteiger partial charge in [0.05, 0.1) is 13.2 Å². The molecule has 6 nitrogen and oxygen atoms in total. The normalized spacial score (nSPS) is 10.5. The predicted molar refractivity (Wildman–Crippen MR) is 99.8 cm³/mol. The predicted octanol–water partition coefficient (Wildman–Crippen LogP) is 0.775. The molecule has 0 aromatic heterocycles. The summed E-state index contributed by atoms with van der Waals surface area (Å²) in [4.78, 5) is 15.6. The molecular formula is C15H25IN4O2. The Morgan fingerprint density at radius 2 is 1.86 bits per heavy atom. The van der Waals surface area contributed by atoms with E-state index in [0.29, 0.717) is 19.1 Å². The molecule has 0 saturated carbocycles. The molecule has 0 aliphatic carbocycles. The average molecular weight is 420 g/mol. The Balaban J connectivity index is 0.00000441. The van der Waals surface area contributed by atoms with E-state index in [9.17, 15) is 4.79 Å². The fourth-order valence-corrected chi connectivity index (χ4v) is 1.71. The number of carbonyl (C=O) groups is 1. The molecule has 7 heteroatoms. The third-order valence-corrected chi connectivity index (χ3v) is 2.82. The zero-order chi connectivity index (χ0) is 15.3. The Labute approximate surface area is 149 Å². The average Bonchev–Trinajstić information content (AvgIpc) is 2.52. The van der Waals surface area contributed by atoms with Gasteiger partial charge in [-0.3, -0.25) is 9.79 Å². The lowest BCUT2D eigenvalue weighted by Gasteiger charge is -2.12. The van der Waals surface area contributed by atoms with E-state index in [0.717, 1.165) is 13.0 Å². The lowest BCUT2D eigenvalue weighted by molar-refractivity contribution is -0.120. The number of amides is 1. The van der Waals surface area contributed by atoms with Gasteiger partial charge in [0.15, 0.2) is 5.96 Å². The van der Waals surface area contributed by atoms with Crippen molar-refractivity contribution in [1.29, 1.82) is 0 Å². The largest absolute Gasteiger partial charge is 0.383 e. The number of nitrogens with zero attached hydrogens (tertiary/aromatic N) is 1. The summed E-state index contributed by atoms with van der Waals surface area (Å²) in [6, 6.07) is 10.2. The Hall–Kier alpha value is -1.35. The monoisotopic (exact) mass is 420 g/mol. The Kier molecular flexibility index (Phi) is 12.5. The Bertz CT molecular complexity index is 440. The third kappa shape index (κ3) is 9.56. The molecular weight excluding hydrogens is 395 g/mol. The molecule has 3 N–H and O–H groups in total. The highest BCUT2D eigenvalue weighted by molar-refractivity contribution is 14.0. The number of rotatable bonds is 8. The minimum Gasteiger partial charge on any atom is -0.383 e. The van der Waals surface area contributed by atoms with Crippen LogP contribution in [0.4, 0.5) is 0 Å². The molecule has 1 aromatic carbocycles. The van der Waals surface area contributed by atoms with Gasteiger partial charge in [0.2, 0.25) is 5.91 Å². The first kappa shape index (κ1) is 20.6. The molecule has 0 unspecified atom stereocenters. The highest BCUT2D eigenvalue weighted by Gasteiger charge is 2.02. The molecule has 1 aromatic rings. The summed E-state index contributed by atoms with van der Waals surface area (Å²) in [6.45, 7) is 1.97. The second-order valence-electron chi connectivity index (χ2n) is 4.43. The molecule has 0 fully saturated rings. The van der Waals surface area contributed by atoms with Crippen LogP contribution in [0.2, 0.25) is 0 Å². The van der Waals surface area contributed by atoms with Crippen LogP contribution in [0.5, 0.6) is 0 Å². The molecule has 124 valence electrons. The van der Waals surface area contributed by atoms with E-state index < -0.39 is 0 Å². The summed E-state index contributed by atoms with van der Waals surface area (Å²) in [5.74, 6) is 0.533. The van der Waals surface area contributed by atoms with E-state index in [1.165, 1.54) is 5.56 Å². The molecule has 0 radical (unpaired) electrons. The Morgan fingerprint density at radius 3 is 2.50 bits per heavy atom. The lowest BCUT2D eigenvalue weighted by Crippen LogP contribution is -2.44. The van der Waals surface area contributed by atoms with Crippen LogP contribution in [-0.4, -0.2) is 52.3 Å². The van der Waals surface area contributed by atoms with Crippen molar-refractivity contribution < 1.29 is 9.53 Å². The Morgan fingerprint density at radius 1 is 1.14 bits per heavy atom. The van der Waals surface area contributed by atoms with Crippen molar-refractivity contribution in [2.75, 3.05) is 40.4 Å². The van der Waals surface area contributed by atoms with Gasteiger partial charge in [0.1, 0.15) is 0 Å². The first-order valence-electron chi connectivity index (χ1n) is 7.00. The van der Waals surface area contributed by atoms with Gasteiger partial charge in [0.25, 0.3) is 0 Å². The molecule has 0 bridgehead atoms. The fourth-order valence-electron chi connectivity index (χ4n) is 1.71. The summed E-state index contributed by atoms with van der Waals surface area (Å²) < 4.78 is 4.86. The second-order valence-corrected chi connectivity index (χ2v) is 4.43. The fraction of sp³-hybridized carbons (Fsp3) is 0.467. The zero-order valence-electron chi connectivity index (χ0n) is 13.1. The highest BCUT2D eigenvalue weighted by Crippen LogP contribution is 1.97. The number of benzene rings is 1. The van der Waals surface area contributed by atoms with Gasteiger partial charge in [-0.15, -0.1) is 24.0 Å². The van der Waals surface area contributed by atoms with Gasteiger partial charge in [-0.05, 0) is 12.0 Å². The summed E-state index contributed by atoms with van der Waals surface area (Å²) in [5.41, 5.74) is 1.26. The molecule has 1 amide bonds. The van der Waals surface area contributed by atoms with Crippen LogP contribution in [0.3, 0.4) is 0 Å². The number of nitrogens with one attached hydrogen (secondary N) is 3. The van der Waals surface area contributed by atoms with Crippen molar-refractivity contribution in [2.45, 2.75) is 6.42 Å². The molecule has 1 rings (SSSR count). The van der Waals surface area contributed by atoms with Gasteiger partial charge in [-0.2, -0.15) is 0 Å². The molecule has 0 saturated heterocycles. The van der Waals surface area contributed by atoms with Crippen molar-refractivity contribution in [3.8, 4) is 0 Å².